The lowest BCUT2D eigenvalue weighted by Crippen LogP contribution is -2.06. The summed E-state index contributed by atoms with van der Waals surface area (Å²) in [6.45, 7) is 0. The number of rotatable bonds is 3. The van der Waals surface area contributed by atoms with E-state index in [0.29, 0.717) is 0 Å². The van der Waals surface area contributed by atoms with Crippen molar-refractivity contribution in [2.75, 3.05) is 13.4 Å². The van der Waals surface area contributed by atoms with Crippen molar-refractivity contribution in [3.8, 4) is 0 Å². The van der Waals surface area contributed by atoms with Crippen molar-refractivity contribution in [1.29, 1.82) is 0 Å². The van der Waals surface area contributed by atoms with Gasteiger partial charge in [-0.1, -0.05) is 0 Å². The third-order valence-electron chi connectivity index (χ3n) is 1.93. The topological polar surface area (TPSA) is 97.7 Å². The van der Waals surface area contributed by atoms with Crippen LogP contribution in [0.5, 0.6) is 0 Å². The Morgan fingerprint density at radius 3 is 2.35 bits per heavy atom. The first kappa shape index (κ1) is 13.8. The summed E-state index contributed by atoms with van der Waals surface area (Å²) in [6.07, 6.45) is 0.938. The van der Waals surface area contributed by atoms with Gasteiger partial charge in [-0.2, -0.15) is 0 Å². The molecule has 0 aliphatic rings. The smallest absolute Gasteiger partial charge is 0.337 e. The minimum absolute atomic E-state index is 0.0900. The molecule has 8 heteroatoms. The van der Waals surface area contributed by atoms with Crippen LogP contribution in [0.1, 0.15) is 10.4 Å². The molecule has 94 valence electrons. The number of sulfone groups is 1. The molecule has 0 heterocycles. The number of carbonyl (C=O) groups excluding carboxylic acids is 1. The Morgan fingerprint density at radius 1 is 1.35 bits per heavy atom. The van der Waals surface area contributed by atoms with Gasteiger partial charge in [0.05, 0.1) is 22.5 Å². The molecule has 0 bridgehead atoms. The largest absolute Gasteiger partial charge is 0.465 e. The number of benzene rings is 1. The monoisotopic (exact) mass is 278 g/mol. The molecule has 0 aliphatic heterocycles. The van der Waals surface area contributed by atoms with E-state index in [0.717, 1.165) is 31.6 Å². The second kappa shape index (κ2) is 4.94. The van der Waals surface area contributed by atoms with Crippen LogP contribution in [0, 0.1) is 0 Å². The molecule has 0 aromatic heterocycles. The summed E-state index contributed by atoms with van der Waals surface area (Å²) >= 11 is -2.38. The maximum Gasteiger partial charge on any atom is 0.337 e. The minimum Gasteiger partial charge on any atom is -0.465 e. The Kier molecular flexibility index (Phi) is 4.02. The number of ether oxygens (including phenoxy) is 1. The first-order chi connectivity index (χ1) is 7.75. The summed E-state index contributed by atoms with van der Waals surface area (Å²) in [7, 11) is -2.45. The molecule has 1 rings (SSSR count). The molecular weight excluding hydrogens is 268 g/mol. The molecule has 1 unspecified atom stereocenters. The van der Waals surface area contributed by atoms with Gasteiger partial charge in [0.15, 0.2) is 20.9 Å². The lowest BCUT2D eigenvalue weighted by Gasteiger charge is -2.05. The highest BCUT2D eigenvalue weighted by Gasteiger charge is 2.16. The van der Waals surface area contributed by atoms with Gasteiger partial charge in [0.25, 0.3) is 0 Å². The van der Waals surface area contributed by atoms with Gasteiger partial charge in [0, 0.05) is 6.26 Å². The van der Waals surface area contributed by atoms with Gasteiger partial charge in [0.2, 0.25) is 0 Å². The van der Waals surface area contributed by atoms with E-state index in [1.807, 2.05) is 0 Å². The molecule has 0 fully saturated rings. The molecule has 1 N–H and O–H groups in total. The molecule has 6 nitrogen and oxygen atoms in total. The molecule has 0 saturated carbocycles. The molecular formula is C9H10O6S2. The zero-order chi connectivity index (χ0) is 13.2. The second-order valence-corrected chi connectivity index (χ2v) is 6.19. The van der Waals surface area contributed by atoms with Crippen molar-refractivity contribution in [1.82, 2.24) is 0 Å². The summed E-state index contributed by atoms with van der Waals surface area (Å²) in [6, 6.07) is 3.24. The van der Waals surface area contributed by atoms with Crippen molar-refractivity contribution in [3.63, 3.8) is 0 Å². The van der Waals surface area contributed by atoms with Crippen LogP contribution in [-0.2, 0) is 25.7 Å². The van der Waals surface area contributed by atoms with Crippen LogP contribution in [0.2, 0.25) is 0 Å². The predicted octanol–water partition coefficient (Wildman–Crippen LogP) is 0.457. The van der Waals surface area contributed by atoms with E-state index in [9.17, 15) is 17.4 Å². The van der Waals surface area contributed by atoms with Gasteiger partial charge in [-0.25, -0.2) is 17.4 Å². The van der Waals surface area contributed by atoms with Gasteiger partial charge in [-0.3, -0.25) is 0 Å². The zero-order valence-electron chi connectivity index (χ0n) is 9.04. The van der Waals surface area contributed by atoms with Crippen LogP contribution in [0.4, 0.5) is 0 Å². The third-order valence-corrected chi connectivity index (χ3v) is 3.66. The quantitative estimate of drug-likeness (QED) is 0.637. The molecule has 17 heavy (non-hydrogen) atoms. The molecule has 0 amide bonds. The molecule has 0 aliphatic carbocycles. The van der Waals surface area contributed by atoms with Gasteiger partial charge >= 0.3 is 5.97 Å². The Hall–Kier alpha value is -1.25. The standard InChI is InChI=1S/C9H10O6S2/c1-15-9(10)6-3-7(16(11)12)5-8(4-6)17(2,13)14/h3-5H,1-2H3,(H,11,12). The van der Waals surface area contributed by atoms with Crippen LogP contribution in [0.15, 0.2) is 28.0 Å². The van der Waals surface area contributed by atoms with Crippen molar-refractivity contribution in [3.05, 3.63) is 23.8 Å². The number of methoxy groups -OCH3 is 1. The highest BCUT2D eigenvalue weighted by molar-refractivity contribution is 7.90. The van der Waals surface area contributed by atoms with Crippen LogP contribution < -0.4 is 0 Å². The Labute approximate surface area is 101 Å². The summed E-state index contributed by atoms with van der Waals surface area (Å²) in [4.78, 5) is 10.9. The molecule has 0 radical (unpaired) electrons. The van der Waals surface area contributed by atoms with E-state index in [2.05, 4.69) is 4.74 Å². The van der Waals surface area contributed by atoms with E-state index in [4.69, 9.17) is 4.55 Å². The van der Waals surface area contributed by atoms with E-state index in [1.165, 1.54) is 0 Å². The average Bonchev–Trinajstić information content (AvgIpc) is 2.26. The van der Waals surface area contributed by atoms with E-state index in [1.54, 1.807) is 0 Å². The van der Waals surface area contributed by atoms with Crippen molar-refractivity contribution >= 4 is 26.9 Å². The Balaban J connectivity index is 3.50. The second-order valence-electron chi connectivity index (χ2n) is 3.21. The maximum absolute atomic E-state index is 11.3. The van der Waals surface area contributed by atoms with Crippen molar-refractivity contribution < 1.29 is 26.7 Å². The SMILES string of the molecule is COC(=O)c1cc(S(=O)O)cc(S(C)(=O)=O)c1. The molecule has 0 spiro atoms. The fraction of sp³-hybridized carbons (Fsp3) is 0.222. The first-order valence-corrected chi connectivity index (χ1v) is 7.30. The number of carbonyl (C=O) groups is 1. The fourth-order valence-corrected chi connectivity index (χ4v) is 2.33. The van der Waals surface area contributed by atoms with Gasteiger partial charge in [-0.05, 0) is 18.2 Å². The highest BCUT2D eigenvalue weighted by Crippen LogP contribution is 2.18. The first-order valence-electron chi connectivity index (χ1n) is 4.30. The lowest BCUT2D eigenvalue weighted by molar-refractivity contribution is 0.0600. The lowest BCUT2D eigenvalue weighted by atomic mass is 10.2. The summed E-state index contributed by atoms with van der Waals surface area (Å²) in [5, 5.41) is 0. The highest BCUT2D eigenvalue weighted by atomic mass is 32.2. The maximum atomic E-state index is 11.3. The number of hydrogen-bond donors (Lipinski definition) is 1. The van der Waals surface area contributed by atoms with Crippen LogP contribution >= 0.6 is 0 Å². The van der Waals surface area contributed by atoms with Crippen molar-refractivity contribution in [2.45, 2.75) is 9.79 Å². The van der Waals surface area contributed by atoms with Gasteiger partial charge in [-0.15, -0.1) is 0 Å². The summed E-state index contributed by atoms with van der Waals surface area (Å²) < 4.78 is 46.9. The normalized spacial score (nSPS) is 13.1. The van der Waals surface area contributed by atoms with E-state index < -0.39 is 26.9 Å². The van der Waals surface area contributed by atoms with Crippen molar-refractivity contribution in [2.24, 2.45) is 0 Å². The molecule has 1 atom stereocenters. The molecule has 0 saturated heterocycles. The van der Waals surface area contributed by atoms with E-state index in [-0.39, 0.29) is 15.4 Å². The summed E-state index contributed by atoms with van der Waals surface area (Å²) in [5.41, 5.74) is -0.0900. The van der Waals surface area contributed by atoms with Crippen LogP contribution in [0.25, 0.3) is 0 Å². The number of hydrogen-bond acceptors (Lipinski definition) is 5. The molecule has 1 aromatic carbocycles. The minimum atomic E-state index is -3.58. The Bertz CT molecular complexity index is 575. The van der Waals surface area contributed by atoms with Gasteiger partial charge < -0.3 is 9.29 Å². The fourth-order valence-electron chi connectivity index (χ4n) is 1.12. The third kappa shape index (κ3) is 3.35. The van der Waals surface area contributed by atoms with E-state index >= 15 is 0 Å². The Morgan fingerprint density at radius 2 is 1.94 bits per heavy atom. The zero-order valence-corrected chi connectivity index (χ0v) is 10.7. The van der Waals surface area contributed by atoms with Gasteiger partial charge in [0.1, 0.15) is 0 Å². The predicted molar refractivity (Wildman–Crippen MR) is 59.9 cm³/mol. The molecule has 1 aromatic rings. The van der Waals surface area contributed by atoms with Crippen LogP contribution in [0.3, 0.4) is 0 Å². The summed E-state index contributed by atoms with van der Waals surface area (Å²) in [5.74, 6) is -0.776. The number of esters is 1. The average molecular weight is 278 g/mol. The van der Waals surface area contributed by atoms with Crippen LogP contribution in [-0.4, -0.2) is 36.5 Å².